The van der Waals surface area contributed by atoms with Gasteiger partial charge in [0, 0.05) is 18.3 Å². The summed E-state index contributed by atoms with van der Waals surface area (Å²) < 4.78 is 5.97. The second kappa shape index (κ2) is 6.90. The molecule has 0 unspecified atom stereocenters. The number of aryl methyl sites for hydroxylation is 1. The van der Waals surface area contributed by atoms with Crippen LogP contribution in [0.15, 0.2) is 24.3 Å². The summed E-state index contributed by atoms with van der Waals surface area (Å²) in [6.45, 7) is 7.50. The molecule has 2 aromatic rings. The van der Waals surface area contributed by atoms with E-state index in [2.05, 4.69) is 37.0 Å². The van der Waals surface area contributed by atoms with Crippen molar-refractivity contribution in [1.29, 1.82) is 0 Å². The molecule has 25 heavy (non-hydrogen) atoms. The number of carbonyl (C=O) groups excluding carboxylic acids is 1. The lowest BCUT2D eigenvalue weighted by Crippen LogP contribution is -2.32. The van der Waals surface area contributed by atoms with Crippen LogP contribution in [0.1, 0.15) is 54.5 Å². The van der Waals surface area contributed by atoms with E-state index in [1.54, 1.807) is 11.9 Å². The van der Waals surface area contributed by atoms with Crippen LogP contribution in [0.3, 0.4) is 0 Å². The molecule has 1 heterocycles. The third-order valence-electron chi connectivity index (χ3n) is 4.73. The predicted octanol–water partition coefficient (Wildman–Crippen LogP) is 3.35. The number of aromatic amines is 1. The van der Waals surface area contributed by atoms with Gasteiger partial charge in [-0.3, -0.25) is 9.89 Å². The molecule has 1 amide bonds. The topological polar surface area (TPSA) is 58.2 Å². The van der Waals surface area contributed by atoms with E-state index in [-0.39, 0.29) is 11.3 Å². The Morgan fingerprint density at radius 2 is 2.04 bits per heavy atom. The van der Waals surface area contributed by atoms with Crippen molar-refractivity contribution in [2.45, 2.75) is 45.4 Å². The molecule has 0 aliphatic heterocycles. The summed E-state index contributed by atoms with van der Waals surface area (Å²) in [5.41, 5.74) is 3.98. The molecule has 0 saturated carbocycles. The summed E-state index contributed by atoms with van der Waals surface area (Å²) in [5.74, 6) is 0.851. The van der Waals surface area contributed by atoms with Gasteiger partial charge in [-0.05, 0) is 36.3 Å². The quantitative estimate of drug-likeness (QED) is 0.907. The lowest BCUT2D eigenvalue weighted by Gasteiger charge is -2.23. The Balaban J connectivity index is 1.60. The first kappa shape index (κ1) is 17.5. The van der Waals surface area contributed by atoms with Gasteiger partial charge in [0.15, 0.2) is 5.69 Å². The summed E-state index contributed by atoms with van der Waals surface area (Å²) in [6, 6.07) is 8.09. The summed E-state index contributed by atoms with van der Waals surface area (Å²) >= 11 is 0. The van der Waals surface area contributed by atoms with E-state index in [1.165, 1.54) is 5.56 Å². The highest BCUT2D eigenvalue weighted by atomic mass is 16.5. The number of ether oxygens (including phenoxy) is 1. The van der Waals surface area contributed by atoms with E-state index < -0.39 is 0 Å². The maximum Gasteiger partial charge on any atom is 0.274 e. The molecule has 1 aromatic carbocycles. The monoisotopic (exact) mass is 341 g/mol. The number of benzene rings is 1. The fourth-order valence-corrected chi connectivity index (χ4v) is 3.28. The molecule has 1 aliphatic carbocycles. The molecule has 1 N–H and O–H groups in total. The Hall–Kier alpha value is -2.30. The molecular formula is C20H27N3O2. The molecule has 0 fully saturated rings. The van der Waals surface area contributed by atoms with Gasteiger partial charge in [-0.1, -0.05) is 39.0 Å². The number of hydrogen-bond acceptors (Lipinski definition) is 3. The molecule has 0 saturated heterocycles. The van der Waals surface area contributed by atoms with Gasteiger partial charge in [-0.2, -0.15) is 5.10 Å². The van der Waals surface area contributed by atoms with Gasteiger partial charge in [0.2, 0.25) is 0 Å². The summed E-state index contributed by atoms with van der Waals surface area (Å²) in [4.78, 5) is 14.3. The fourth-order valence-electron chi connectivity index (χ4n) is 3.28. The van der Waals surface area contributed by atoms with Crippen LogP contribution < -0.4 is 4.74 Å². The van der Waals surface area contributed by atoms with Crippen molar-refractivity contribution in [3.05, 3.63) is 46.8 Å². The van der Waals surface area contributed by atoms with E-state index in [1.807, 2.05) is 18.2 Å². The van der Waals surface area contributed by atoms with Gasteiger partial charge in [-0.15, -0.1) is 0 Å². The highest BCUT2D eigenvalue weighted by molar-refractivity contribution is 5.94. The second-order valence-corrected chi connectivity index (χ2v) is 7.70. The normalized spacial score (nSPS) is 13.6. The number of likely N-dealkylation sites (N-methyl/N-ethyl adjacent to an activating group) is 1. The molecule has 5 heteroatoms. The molecule has 1 aliphatic rings. The van der Waals surface area contributed by atoms with E-state index in [4.69, 9.17) is 4.74 Å². The third-order valence-corrected chi connectivity index (χ3v) is 4.73. The summed E-state index contributed by atoms with van der Waals surface area (Å²) in [6.07, 6.45) is 3.03. The van der Waals surface area contributed by atoms with Gasteiger partial charge in [0.1, 0.15) is 12.4 Å². The maximum atomic E-state index is 12.6. The van der Waals surface area contributed by atoms with Crippen molar-refractivity contribution in [2.75, 3.05) is 20.2 Å². The zero-order valence-electron chi connectivity index (χ0n) is 15.6. The smallest absolute Gasteiger partial charge is 0.274 e. The third kappa shape index (κ3) is 3.70. The van der Waals surface area contributed by atoms with Crippen LogP contribution in [0.5, 0.6) is 5.75 Å². The van der Waals surface area contributed by atoms with Crippen molar-refractivity contribution in [1.82, 2.24) is 15.1 Å². The van der Waals surface area contributed by atoms with Gasteiger partial charge in [-0.25, -0.2) is 0 Å². The minimum absolute atomic E-state index is 0.0217. The predicted molar refractivity (Wildman–Crippen MR) is 98.2 cm³/mol. The minimum Gasteiger partial charge on any atom is -0.491 e. The Bertz CT molecular complexity index is 759. The Morgan fingerprint density at radius 3 is 2.80 bits per heavy atom. The molecule has 134 valence electrons. The SMILES string of the molecule is CN(CCOc1ccccc1C(C)(C)C)C(=O)c1n[nH]c2c1CCC2. The van der Waals surface area contributed by atoms with Gasteiger partial charge in [0.25, 0.3) is 5.91 Å². The van der Waals surface area contributed by atoms with Gasteiger partial charge < -0.3 is 9.64 Å². The van der Waals surface area contributed by atoms with Crippen LogP contribution in [-0.4, -0.2) is 41.2 Å². The van der Waals surface area contributed by atoms with E-state index in [9.17, 15) is 4.79 Å². The molecule has 5 nitrogen and oxygen atoms in total. The van der Waals surface area contributed by atoms with Crippen molar-refractivity contribution < 1.29 is 9.53 Å². The largest absolute Gasteiger partial charge is 0.491 e. The number of para-hydroxylation sites is 1. The van der Waals surface area contributed by atoms with Crippen molar-refractivity contribution in [2.24, 2.45) is 0 Å². The zero-order valence-corrected chi connectivity index (χ0v) is 15.6. The lowest BCUT2D eigenvalue weighted by atomic mass is 9.86. The van der Waals surface area contributed by atoms with Gasteiger partial charge in [0.05, 0.1) is 6.54 Å². The zero-order chi connectivity index (χ0) is 18.0. The number of amides is 1. The van der Waals surface area contributed by atoms with Crippen LogP contribution in [0.4, 0.5) is 0 Å². The first-order valence-corrected chi connectivity index (χ1v) is 8.92. The van der Waals surface area contributed by atoms with E-state index in [0.717, 1.165) is 36.3 Å². The fraction of sp³-hybridized carbons (Fsp3) is 0.500. The van der Waals surface area contributed by atoms with Crippen LogP contribution in [0, 0.1) is 0 Å². The van der Waals surface area contributed by atoms with Crippen LogP contribution in [-0.2, 0) is 18.3 Å². The standard InChI is InChI=1S/C20H27N3O2/c1-20(2,3)15-9-5-6-11-17(15)25-13-12-23(4)19(24)18-14-8-7-10-16(14)21-22-18/h5-6,9,11H,7-8,10,12-13H2,1-4H3,(H,21,22). The molecule has 0 radical (unpaired) electrons. The molecule has 0 atom stereocenters. The van der Waals surface area contributed by atoms with Crippen molar-refractivity contribution >= 4 is 5.91 Å². The minimum atomic E-state index is -0.0351. The number of hydrogen-bond donors (Lipinski definition) is 1. The van der Waals surface area contributed by atoms with E-state index in [0.29, 0.717) is 18.8 Å². The number of H-pyrrole nitrogens is 1. The highest BCUT2D eigenvalue weighted by Crippen LogP contribution is 2.31. The number of fused-ring (bicyclic) bond motifs is 1. The summed E-state index contributed by atoms with van der Waals surface area (Å²) in [7, 11) is 1.80. The Labute approximate surface area is 149 Å². The second-order valence-electron chi connectivity index (χ2n) is 7.70. The molecule has 0 bridgehead atoms. The number of rotatable bonds is 5. The highest BCUT2D eigenvalue weighted by Gasteiger charge is 2.25. The number of aromatic nitrogens is 2. The lowest BCUT2D eigenvalue weighted by molar-refractivity contribution is 0.0766. The Morgan fingerprint density at radius 1 is 1.28 bits per heavy atom. The average molecular weight is 341 g/mol. The van der Waals surface area contributed by atoms with Gasteiger partial charge >= 0.3 is 0 Å². The maximum absolute atomic E-state index is 12.6. The molecule has 1 aromatic heterocycles. The van der Waals surface area contributed by atoms with E-state index >= 15 is 0 Å². The first-order chi connectivity index (χ1) is 11.9. The van der Waals surface area contributed by atoms with Crippen molar-refractivity contribution in [3.8, 4) is 5.75 Å². The molecule has 0 spiro atoms. The average Bonchev–Trinajstić information content (AvgIpc) is 3.16. The number of carbonyl (C=O) groups is 1. The molecule has 3 rings (SSSR count). The number of nitrogens with zero attached hydrogens (tertiary/aromatic N) is 2. The number of nitrogens with one attached hydrogen (secondary N) is 1. The summed E-state index contributed by atoms with van der Waals surface area (Å²) in [5, 5.41) is 7.21. The van der Waals surface area contributed by atoms with Crippen molar-refractivity contribution in [3.63, 3.8) is 0 Å². The van der Waals surface area contributed by atoms with Crippen LogP contribution in [0.25, 0.3) is 0 Å². The van der Waals surface area contributed by atoms with Crippen LogP contribution >= 0.6 is 0 Å². The molecular weight excluding hydrogens is 314 g/mol. The Kier molecular flexibility index (Phi) is 4.84. The van der Waals surface area contributed by atoms with Crippen LogP contribution in [0.2, 0.25) is 0 Å². The first-order valence-electron chi connectivity index (χ1n) is 8.92.